The number of hydrogen-bond donors (Lipinski definition) is 2. The zero-order valence-electron chi connectivity index (χ0n) is 44.2. The van der Waals surface area contributed by atoms with Gasteiger partial charge in [-0.05, 0) is 39.5 Å². The highest BCUT2D eigenvalue weighted by Crippen LogP contribution is 2.30. The maximum absolute atomic E-state index is 14.0. The molecule has 0 aliphatic carbocycles. The van der Waals surface area contributed by atoms with E-state index in [1.165, 1.54) is 33.7 Å². The van der Waals surface area contributed by atoms with Crippen molar-refractivity contribution < 1.29 is 28.6 Å². The number of rotatable bonds is 20. The van der Waals surface area contributed by atoms with Crippen LogP contribution in [0.5, 0.6) is 0 Å². The van der Waals surface area contributed by atoms with Crippen LogP contribution in [0, 0.1) is 0 Å². The van der Waals surface area contributed by atoms with E-state index >= 15 is 0 Å². The van der Waals surface area contributed by atoms with Gasteiger partial charge in [-0.3, -0.25) is 29.2 Å². The first-order valence-corrected chi connectivity index (χ1v) is 25.8. The Balaban J connectivity index is 1.20. The van der Waals surface area contributed by atoms with Crippen LogP contribution in [-0.4, -0.2) is 125 Å². The molecule has 2 atom stereocenters. The van der Waals surface area contributed by atoms with Gasteiger partial charge in [-0.1, -0.05) is 68.2 Å². The molecule has 72 heavy (non-hydrogen) atoms. The van der Waals surface area contributed by atoms with Crippen LogP contribution >= 0.6 is 0 Å². The van der Waals surface area contributed by atoms with Crippen molar-refractivity contribution in [2.24, 2.45) is 0 Å². The number of nitrogens with zero attached hydrogens (tertiary/aromatic N) is 10. The van der Waals surface area contributed by atoms with Crippen molar-refractivity contribution in [3.63, 3.8) is 0 Å². The van der Waals surface area contributed by atoms with Gasteiger partial charge in [0.2, 0.25) is 0 Å². The number of carbonyl (C=O) groups is 2. The van der Waals surface area contributed by atoms with Crippen LogP contribution in [0.3, 0.4) is 0 Å². The maximum atomic E-state index is 14.0. The summed E-state index contributed by atoms with van der Waals surface area (Å²) in [5.74, 6) is 1.83. The number of aryl methyl sites for hydroxylation is 4. The Morgan fingerprint density at radius 3 is 1.31 bits per heavy atom. The smallest absolute Gasteiger partial charge is 0.345 e. The third-order valence-electron chi connectivity index (χ3n) is 13.9. The Labute approximate surface area is 422 Å². The largest absolute Gasteiger partial charge is 0.390 e. The summed E-state index contributed by atoms with van der Waals surface area (Å²) in [4.78, 5) is 118. The lowest BCUT2D eigenvalue weighted by molar-refractivity contribution is -1.11. The maximum Gasteiger partial charge on any atom is 0.390 e. The minimum absolute atomic E-state index is 0.0144. The van der Waals surface area contributed by atoms with E-state index in [2.05, 4.69) is 87.3 Å². The fourth-order valence-corrected chi connectivity index (χ4v) is 9.42. The van der Waals surface area contributed by atoms with E-state index in [1.54, 1.807) is 0 Å². The van der Waals surface area contributed by atoms with Gasteiger partial charge in [0, 0.05) is 97.0 Å². The topological polar surface area (TPSA) is 220 Å². The first-order chi connectivity index (χ1) is 34.0. The molecule has 2 aliphatic heterocycles. The second kappa shape index (κ2) is 23.5. The molecule has 0 radical (unpaired) electrons. The number of carbonyl (C=O) groups excluding carboxylic acids is 2. The van der Waals surface area contributed by atoms with Crippen LogP contribution in [0.2, 0.25) is 0 Å². The number of H-pyrrole nitrogens is 2. The number of quaternary nitrogens is 2. The van der Waals surface area contributed by atoms with Gasteiger partial charge in [-0.2, -0.15) is 0 Å². The van der Waals surface area contributed by atoms with Gasteiger partial charge in [-0.15, -0.1) is 9.29 Å². The van der Waals surface area contributed by atoms with Crippen LogP contribution < -0.4 is 32.3 Å². The molecule has 4 aromatic rings. The molecule has 0 spiro atoms. The minimum atomic E-state index is -0.691. The standard InChI is InChI=1S/C52H76N12O8/c1-11-15-39-35-41(55-47(53-39)51(5,6)7)59-27-31-63(32-28-59,37(3)17-13-23-61-25-21-43(65)57-49(61)69)71-45(67)19-20-46(68)72-64(38(4)18-14-24-62-26-22-44(66)58-50(62)70)33-29-60(30-34-64)42-36-40(16-12-2)54-48(56-42)52(8,9)10/h19-22,25-26,35-38H,11-18,23-24,27-34H2,1-10H3/p+2/b20-19+. The molecule has 4 aromatic heterocycles. The molecule has 0 aromatic carbocycles. The summed E-state index contributed by atoms with van der Waals surface area (Å²) in [7, 11) is 0. The molecule has 0 amide bonds. The van der Waals surface area contributed by atoms with Gasteiger partial charge in [0.05, 0.1) is 26.2 Å². The van der Waals surface area contributed by atoms with Crippen molar-refractivity contribution in [3.8, 4) is 0 Å². The third kappa shape index (κ3) is 14.2. The van der Waals surface area contributed by atoms with Gasteiger partial charge in [0.15, 0.2) is 0 Å². The lowest BCUT2D eigenvalue weighted by Crippen LogP contribution is -2.64. The number of nitrogens with one attached hydrogen (secondary N) is 2. The average Bonchev–Trinajstić information content (AvgIpc) is 3.32. The van der Waals surface area contributed by atoms with Gasteiger partial charge < -0.3 is 18.9 Å². The van der Waals surface area contributed by atoms with Crippen LogP contribution in [-0.2, 0) is 56.0 Å². The number of aromatic amines is 2. The van der Waals surface area contributed by atoms with E-state index in [1.807, 2.05) is 13.8 Å². The Bertz CT molecular complexity index is 2580. The molecule has 392 valence electrons. The summed E-state index contributed by atoms with van der Waals surface area (Å²) in [6.45, 7) is 25.5. The summed E-state index contributed by atoms with van der Waals surface area (Å²) in [6.07, 6.45) is 11.1. The number of aromatic nitrogens is 8. The summed E-state index contributed by atoms with van der Waals surface area (Å²) in [5, 5.41) is 0. The normalized spacial score (nSPS) is 16.9. The Kier molecular flexibility index (Phi) is 18.0. The number of hydroxylamine groups is 6. The van der Waals surface area contributed by atoms with Crippen LogP contribution in [0.25, 0.3) is 0 Å². The predicted octanol–water partition coefficient (Wildman–Crippen LogP) is 4.65. The Morgan fingerprint density at radius 2 is 0.986 bits per heavy atom. The number of piperazine rings is 2. The molecular weight excluding hydrogens is 921 g/mol. The molecule has 2 fully saturated rings. The highest BCUT2D eigenvalue weighted by Gasteiger charge is 2.45. The second-order valence-electron chi connectivity index (χ2n) is 21.6. The van der Waals surface area contributed by atoms with E-state index in [0.29, 0.717) is 91.1 Å². The fourth-order valence-electron chi connectivity index (χ4n) is 9.42. The monoisotopic (exact) mass is 999 g/mol. The lowest BCUT2D eigenvalue weighted by Gasteiger charge is -2.45. The average molecular weight is 999 g/mol. The van der Waals surface area contributed by atoms with E-state index in [4.69, 9.17) is 29.6 Å². The predicted molar refractivity (Wildman–Crippen MR) is 275 cm³/mol. The molecular formula is C52H78N12O8+2. The van der Waals surface area contributed by atoms with Gasteiger partial charge in [0.25, 0.3) is 11.1 Å². The van der Waals surface area contributed by atoms with Crippen LogP contribution in [0.4, 0.5) is 11.6 Å². The third-order valence-corrected chi connectivity index (χ3v) is 13.9. The molecule has 2 N–H and O–H groups in total. The molecule has 2 aliphatic rings. The first kappa shape index (κ1) is 55.0. The second-order valence-corrected chi connectivity index (χ2v) is 21.6. The first-order valence-electron chi connectivity index (χ1n) is 25.8. The van der Waals surface area contributed by atoms with Crippen LogP contribution in [0.1, 0.15) is 131 Å². The molecule has 2 saturated heterocycles. The van der Waals surface area contributed by atoms with Crippen molar-refractivity contribution in [1.29, 1.82) is 0 Å². The Morgan fingerprint density at radius 1 is 0.625 bits per heavy atom. The summed E-state index contributed by atoms with van der Waals surface area (Å²) >= 11 is 0. The molecule has 0 bridgehead atoms. The summed E-state index contributed by atoms with van der Waals surface area (Å²) in [5.41, 5.74) is -0.434. The van der Waals surface area contributed by atoms with E-state index < -0.39 is 34.4 Å². The van der Waals surface area contributed by atoms with Gasteiger partial charge in [0.1, 0.15) is 61.5 Å². The highest BCUT2D eigenvalue weighted by molar-refractivity contribution is 5.91. The van der Waals surface area contributed by atoms with Gasteiger partial charge >= 0.3 is 23.3 Å². The molecule has 20 heteroatoms. The zero-order valence-corrected chi connectivity index (χ0v) is 44.2. The van der Waals surface area contributed by atoms with Crippen molar-refractivity contribution in [1.82, 2.24) is 39.0 Å². The van der Waals surface area contributed by atoms with Crippen molar-refractivity contribution in [2.75, 3.05) is 62.2 Å². The number of anilines is 2. The summed E-state index contributed by atoms with van der Waals surface area (Å²) in [6, 6.07) is 6.33. The van der Waals surface area contributed by atoms with E-state index in [0.717, 1.165) is 72.5 Å². The minimum Gasteiger partial charge on any atom is -0.345 e. The van der Waals surface area contributed by atoms with E-state index in [9.17, 15) is 28.8 Å². The van der Waals surface area contributed by atoms with Crippen molar-refractivity contribution in [2.45, 2.75) is 157 Å². The molecule has 6 heterocycles. The fraction of sp³-hybridized carbons (Fsp3) is 0.615. The molecule has 0 saturated carbocycles. The Hall–Kier alpha value is -6.28. The highest BCUT2D eigenvalue weighted by atomic mass is 16.8. The van der Waals surface area contributed by atoms with E-state index in [-0.39, 0.29) is 32.2 Å². The van der Waals surface area contributed by atoms with Crippen LogP contribution in [0.15, 0.2) is 68.0 Å². The SMILES string of the molecule is CCCc1cc(N2CC[N+](OC(=O)/C=C/C(=O)O[N+]3(C(C)CCCn4ccc(=O)[nH]c4=O)CCN(c4cc(CCC)nc(C(C)(C)C)n4)CC3)(C(C)CCCn3ccc(=O)[nH]c3=O)CC2)nc(C(C)(C)C)n1. The van der Waals surface area contributed by atoms with Crippen molar-refractivity contribution in [3.05, 3.63) is 114 Å². The van der Waals surface area contributed by atoms with Crippen molar-refractivity contribution >= 4 is 23.6 Å². The number of hydrogen-bond acceptors (Lipinski definition) is 14. The quantitative estimate of drug-likeness (QED) is 0.0910. The summed E-state index contributed by atoms with van der Waals surface area (Å²) < 4.78 is 2.88. The molecule has 20 nitrogen and oxygen atoms in total. The van der Waals surface area contributed by atoms with Gasteiger partial charge in [-0.25, -0.2) is 39.1 Å². The molecule has 2 unspecified atom stereocenters. The lowest BCUT2D eigenvalue weighted by atomic mass is 9.95. The molecule has 6 rings (SSSR count). The zero-order chi connectivity index (χ0) is 52.4.